The van der Waals surface area contributed by atoms with E-state index in [9.17, 15) is 4.79 Å². The fraction of sp³-hybridized carbons (Fsp3) is 0.438. The van der Waals surface area contributed by atoms with Gasteiger partial charge in [0.05, 0.1) is 12.2 Å². The van der Waals surface area contributed by atoms with Crippen molar-refractivity contribution in [3.63, 3.8) is 0 Å². The fourth-order valence-electron chi connectivity index (χ4n) is 2.23. The normalized spacial score (nSPS) is 12.4. The first-order valence-electron chi connectivity index (χ1n) is 7.00. The smallest absolute Gasteiger partial charge is 0.255 e. The van der Waals surface area contributed by atoms with Crippen molar-refractivity contribution in [2.24, 2.45) is 0 Å². The standard InChI is InChI=1S/C16H21NO4/c1-5-12-6-7-15(21-12)14(9-19-4)17-16(18)13-8-10(2)20-11(13)3/h6-8,14H,5,9H2,1-4H3,(H,17,18)/t14-/m1/s1. The maximum atomic E-state index is 12.3. The summed E-state index contributed by atoms with van der Waals surface area (Å²) in [4.78, 5) is 12.3. The third-order valence-electron chi connectivity index (χ3n) is 3.30. The number of furan rings is 2. The molecule has 0 saturated carbocycles. The molecule has 0 unspecified atom stereocenters. The lowest BCUT2D eigenvalue weighted by molar-refractivity contribution is 0.0880. The summed E-state index contributed by atoms with van der Waals surface area (Å²) in [7, 11) is 1.59. The highest BCUT2D eigenvalue weighted by atomic mass is 16.5. The summed E-state index contributed by atoms with van der Waals surface area (Å²) in [5, 5.41) is 2.92. The van der Waals surface area contributed by atoms with Crippen molar-refractivity contribution in [2.75, 3.05) is 13.7 Å². The highest BCUT2D eigenvalue weighted by Gasteiger charge is 2.21. The number of rotatable bonds is 6. The zero-order valence-electron chi connectivity index (χ0n) is 12.9. The van der Waals surface area contributed by atoms with Crippen molar-refractivity contribution in [2.45, 2.75) is 33.2 Å². The fourth-order valence-corrected chi connectivity index (χ4v) is 2.23. The second kappa shape index (κ2) is 6.63. The third kappa shape index (κ3) is 3.55. The van der Waals surface area contributed by atoms with E-state index in [1.807, 2.05) is 26.0 Å². The minimum absolute atomic E-state index is 0.194. The van der Waals surface area contributed by atoms with E-state index in [1.165, 1.54) is 0 Å². The number of nitrogens with one attached hydrogen (secondary N) is 1. The molecule has 0 aliphatic carbocycles. The summed E-state index contributed by atoms with van der Waals surface area (Å²) in [6.07, 6.45) is 0.813. The molecule has 0 aliphatic rings. The second-order valence-corrected chi connectivity index (χ2v) is 4.97. The molecule has 0 saturated heterocycles. The van der Waals surface area contributed by atoms with Gasteiger partial charge in [0, 0.05) is 13.5 Å². The van der Waals surface area contributed by atoms with Crippen molar-refractivity contribution in [1.29, 1.82) is 0 Å². The number of amides is 1. The van der Waals surface area contributed by atoms with Gasteiger partial charge in [-0.2, -0.15) is 0 Å². The van der Waals surface area contributed by atoms with E-state index >= 15 is 0 Å². The number of ether oxygens (including phenoxy) is 1. The van der Waals surface area contributed by atoms with Crippen LogP contribution in [0, 0.1) is 13.8 Å². The lowest BCUT2D eigenvalue weighted by atomic mass is 10.2. The van der Waals surface area contributed by atoms with Gasteiger partial charge in [-0.15, -0.1) is 0 Å². The monoisotopic (exact) mass is 291 g/mol. The number of methoxy groups -OCH3 is 1. The molecular formula is C16H21NO4. The molecule has 0 spiro atoms. The Morgan fingerprint density at radius 2 is 2.10 bits per heavy atom. The van der Waals surface area contributed by atoms with Crippen LogP contribution in [0.25, 0.3) is 0 Å². The molecule has 1 atom stereocenters. The van der Waals surface area contributed by atoms with Gasteiger partial charge in [0.1, 0.15) is 29.1 Å². The molecule has 0 aliphatic heterocycles. The molecule has 1 N–H and O–H groups in total. The van der Waals surface area contributed by atoms with Crippen LogP contribution >= 0.6 is 0 Å². The Hall–Kier alpha value is -2.01. The van der Waals surface area contributed by atoms with Gasteiger partial charge in [0.2, 0.25) is 0 Å². The first-order chi connectivity index (χ1) is 10.0. The van der Waals surface area contributed by atoms with Gasteiger partial charge in [-0.25, -0.2) is 0 Å². The van der Waals surface area contributed by atoms with Crippen molar-refractivity contribution in [3.8, 4) is 0 Å². The minimum Gasteiger partial charge on any atom is -0.466 e. The molecule has 0 radical (unpaired) electrons. The average Bonchev–Trinajstić information content (AvgIpc) is 3.04. The predicted octanol–water partition coefficient (Wildman–Crippen LogP) is 3.17. The van der Waals surface area contributed by atoms with E-state index in [-0.39, 0.29) is 11.9 Å². The quantitative estimate of drug-likeness (QED) is 0.887. The van der Waals surface area contributed by atoms with Gasteiger partial charge in [-0.05, 0) is 32.0 Å². The lowest BCUT2D eigenvalue weighted by Gasteiger charge is -2.15. The number of carbonyl (C=O) groups excluding carboxylic acids is 1. The van der Waals surface area contributed by atoms with E-state index in [2.05, 4.69) is 5.32 Å². The van der Waals surface area contributed by atoms with Gasteiger partial charge >= 0.3 is 0 Å². The van der Waals surface area contributed by atoms with Gasteiger partial charge in [-0.3, -0.25) is 4.79 Å². The second-order valence-electron chi connectivity index (χ2n) is 4.97. The molecule has 0 bridgehead atoms. The van der Waals surface area contributed by atoms with Gasteiger partial charge < -0.3 is 18.9 Å². The Morgan fingerprint density at radius 1 is 1.33 bits per heavy atom. The van der Waals surface area contributed by atoms with Gasteiger partial charge in [0.15, 0.2) is 0 Å². The highest BCUT2D eigenvalue weighted by Crippen LogP contribution is 2.20. The van der Waals surface area contributed by atoms with Crippen LogP contribution in [-0.2, 0) is 11.2 Å². The summed E-state index contributed by atoms with van der Waals surface area (Å²) in [5.74, 6) is 2.71. The number of carbonyl (C=O) groups is 1. The maximum absolute atomic E-state index is 12.3. The van der Waals surface area contributed by atoms with Crippen LogP contribution in [0.2, 0.25) is 0 Å². The van der Waals surface area contributed by atoms with Crippen LogP contribution in [0.5, 0.6) is 0 Å². The van der Waals surface area contributed by atoms with Crippen LogP contribution in [0.1, 0.15) is 46.4 Å². The summed E-state index contributed by atoms with van der Waals surface area (Å²) in [6.45, 7) is 5.95. The first kappa shape index (κ1) is 15.4. The van der Waals surface area contributed by atoms with Crippen LogP contribution in [0.15, 0.2) is 27.0 Å². The molecule has 2 rings (SSSR count). The van der Waals surface area contributed by atoms with Crippen LogP contribution in [0.4, 0.5) is 0 Å². The maximum Gasteiger partial charge on any atom is 0.255 e. The Morgan fingerprint density at radius 3 is 2.62 bits per heavy atom. The molecule has 2 heterocycles. The SMILES string of the molecule is CCc1ccc([C@@H](COC)NC(=O)c2cc(C)oc2C)o1. The first-order valence-corrected chi connectivity index (χ1v) is 7.00. The van der Waals surface area contributed by atoms with Crippen molar-refractivity contribution >= 4 is 5.91 Å². The molecule has 5 heteroatoms. The van der Waals surface area contributed by atoms with Crippen molar-refractivity contribution in [3.05, 3.63) is 46.8 Å². The Bertz CT molecular complexity index is 612. The van der Waals surface area contributed by atoms with Crippen LogP contribution < -0.4 is 5.32 Å². The van der Waals surface area contributed by atoms with E-state index in [0.29, 0.717) is 29.5 Å². The predicted molar refractivity (Wildman–Crippen MR) is 78.4 cm³/mol. The summed E-state index contributed by atoms with van der Waals surface area (Å²) in [5.41, 5.74) is 0.538. The molecule has 2 aromatic heterocycles. The Balaban J connectivity index is 2.15. The zero-order valence-corrected chi connectivity index (χ0v) is 12.9. The molecule has 0 fully saturated rings. The van der Waals surface area contributed by atoms with Crippen molar-refractivity contribution < 1.29 is 18.4 Å². The van der Waals surface area contributed by atoms with Gasteiger partial charge in [-0.1, -0.05) is 6.92 Å². The van der Waals surface area contributed by atoms with E-state index < -0.39 is 0 Å². The van der Waals surface area contributed by atoms with E-state index in [4.69, 9.17) is 13.6 Å². The number of hydrogen-bond acceptors (Lipinski definition) is 4. The summed E-state index contributed by atoms with van der Waals surface area (Å²) < 4.78 is 16.3. The van der Waals surface area contributed by atoms with E-state index in [0.717, 1.165) is 12.2 Å². The summed E-state index contributed by atoms with van der Waals surface area (Å²) >= 11 is 0. The Labute approximate surface area is 124 Å². The van der Waals surface area contributed by atoms with E-state index in [1.54, 1.807) is 20.1 Å². The molecule has 1 amide bonds. The molecule has 0 aromatic carbocycles. The Kier molecular flexibility index (Phi) is 4.85. The third-order valence-corrected chi connectivity index (χ3v) is 3.30. The van der Waals surface area contributed by atoms with Crippen LogP contribution in [-0.4, -0.2) is 19.6 Å². The molecule has 114 valence electrons. The summed E-state index contributed by atoms with van der Waals surface area (Å²) in [6, 6.07) is 5.19. The number of hydrogen-bond donors (Lipinski definition) is 1. The lowest BCUT2D eigenvalue weighted by Crippen LogP contribution is -2.31. The molecular weight excluding hydrogens is 270 g/mol. The minimum atomic E-state index is -0.322. The molecule has 2 aromatic rings. The highest BCUT2D eigenvalue weighted by molar-refractivity contribution is 5.95. The van der Waals surface area contributed by atoms with Crippen LogP contribution in [0.3, 0.4) is 0 Å². The molecule has 21 heavy (non-hydrogen) atoms. The molecule has 5 nitrogen and oxygen atoms in total. The largest absolute Gasteiger partial charge is 0.466 e. The average molecular weight is 291 g/mol. The van der Waals surface area contributed by atoms with Crippen molar-refractivity contribution in [1.82, 2.24) is 5.32 Å². The zero-order chi connectivity index (χ0) is 15.4. The van der Waals surface area contributed by atoms with Gasteiger partial charge in [0.25, 0.3) is 5.91 Å². The topological polar surface area (TPSA) is 64.6 Å². The number of aryl methyl sites for hydroxylation is 3.